The molecular weight excluding hydrogens is 418 g/mol. The first-order valence-electron chi connectivity index (χ1n) is 9.90. The third-order valence-electron chi connectivity index (χ3n) is 4.56. The average molecular weight is 440 g/mol. The SMILES string of the molecule is CCCN1C(=O)N/C(=C/c2cc(Cl)c(OCc3ccccc3C#N)c(OCC)c2)C1=O. The van der Waals surface area contributed by atoms with Crippen LogP contribution >= 0.6 is 11.6 Å². The summed E-state index contributed by atoms with van der Waals surface area (Å²) in [5.41, 5.74) is 2.00. The molecule has 7 nitrogen and oxygen atoms in total. The predicted octanol–water partition coefficient (Wildman–Crippen LogP) is 4.49. The number of halogens is 1. The molecule has 3 rings (SSSR count). The number of imide groups is 1. The van der Waals surface area contributed by atoms with Gasteiger partial charge in [0.2, 0.25) is 0 Å². The Morgan fingerprint density at radius 1 is 1.19 bits per heavy atom. The Morgan fingerprint density at radius 3 is 2.68 bits per heavy atom. The van der Waals surface area contributed by atoms with Crippen molar-refractivity contribution < 1.29 is 19.1 Å². The topological polar surface area (TPSA) is 91.7 Å². The van der Waals surface area contributed by atoms with E-state index < -0.39 is 6.03 Å². The lowest BCUT2D eigenvalue weighted by Gasteiger charge is -2.15. The van der Waals surface area contributed by atoms with Crippen molar-refractivity contribution in [2.45, 2.75) is 26.9 Å². The maximum Gasteiger partial charge on any atom is 0.329 e. The molecule has 1 aliphatic heterocycles. The second-order valence-electron chi connectivity index (χ2n) is 6.77. The zero-order valence-corrected chi connectivity index (χ0v) is 18.0. The summed E-state index contributed by atoms with van der Waals surface area (Å²) in [6.45, 7) is 4.59. The van der Waals surface area contributed by atoms with E-state index in [1.54, 1.807) is 30.3 Å². The third kappa shape index (κ3) is 4.98. The fourth-order valence-corrected chi connectivity index (χ4v) is 3.42. The minimum Gasteiger partial charge on any atom is -0.490 e. The van der Waals surface area contributed by atoms with Crippen LogP contribution < -0.4 is 14.8 Å². The molecule has 2 aromatic rings. The van der Waals surface area contributed by atoms with Gasteiger partial charge >= 0.3 is 6.03 Å². The van der Waals surface area contributed by atoms with Gasteiger partial charge in [-0.3, -0.25) is 9.69 Å². The molecule has 0 aliphatic carbocycles. The number of hydrogen-bond acceptors (Lipinski definition) is 5. The molecule has 0 radical (unpaired) electrons. The second kappa shape index (κ2) is 10.0. The summed E-state index contributed by atoms with van der Waals surface area (Å²) in [6.07, 6.45) is 2.23. The minimum atomic E-state index is -0.439. The monoisotopic (exact) mass is 439 g/mol. The molecule has 160 valence electrons. The predicted molar refractivity (Wildman–Crippen MR) is 117 cm³/mol. The zero-order valence-electron chi connectivity index (χ0n) is 17.3. The summed E-state index contributed by atoms with van der Waals surface area (Å²) < 4.78 is 11.6. The summed E-state index contributed by atoms with van der Waals surface area (Å²) in [5.74, 6) is 0.362. The molecule has 0 bridgehead atoms. The van der Waals surface area contributed by atoms with Crippen molar-refractivity contribution in [1.82, 2.24) is 10.2 Å². The highest BCUT2D eigenvalue weighted by atomic mass is 35.5. The first kappa shape index (κ1) is 22.2. The van der Waals surface area contributed by atoms with Crippen molar-refractivity contribution >= 4 is 29.6 Å². The van der Waals surface area contributed by atoms with E-state index in [-0.39, 0.29) is 23.2 Å². The number of carbonyl (C=O) groups excluding carboxylic acids is 2. The number of rotatable bonds is 8. The van der Waals surface area contributed by atoms with Crippen molar-refractivity contribution in [3.63, 3.8) is 0 Å². The van der Waals surface area contributed by atoms with Crippen molar-refractivity contribution in [3.8, 4) is 17.6 Å². The second-order valence-corrected chi connectivity index (χ2v) is 7.17. The lowest BCUT2D eigenvalue weighted by molar-refractivity contribution is -0.122. The minimum absolute atomic E-state index is 0.143. The van der Waals surface area contributed by atoms with Gasteiger partial charge in [-0.2, -0.15) is 5.26 Å². The van der Waals surface area contributed by atoms with Crippen LogP contribution in [-0.2, 0) is 11.4 Å². The Hall–Kier alpha value is -3.50. The van der Waals surface area contributed by atoms with Crippen molar-refractivity contribution in [2.75, 3.05) is 13.2 Å². The maximum absolute atomic E-state index is 12.5. The van der Waals surface area contributed by atoms with Crippen LogP contribution in [0.3, 0.4) is 0 Å². The van der Waals surface area contributed by atoms with E-state index >= 15 is 0 Å². The normalized spacial score (nSPS) is 14.5. The molecule has 0 saturated carbocycles. The number of amides is 3. The van der Waals surface area contributed by atoms with Crippen molar-refractivity contribution in [3.05, 3.63) is 63.8 Å². The van der Waals surface area contributed by atoms with Crippen LogP contribution in [0.2, 0.25) is 5.02 Å². The van der Waals surface area contributed by atoms with Crippen molar-refractivity contribution in [2.24, 2.45) is 0 Å². The first-order chi connectivity index (χ1) is 15.0. The highest BCUT2D eigenvalue weighted by molar-refractivity contribution is 6.32. The molecule has 0 unspecified atom stereocenters. The van der Waals surface area contributed by atoms with Crippen LogP contribution in [-0.4, -0.2) is 30.0 Å². The fraction of sp³-hybridized carbons (Fsp3) is 0.261. The van der Waals surface area contributed by atoms with Gasteiger partial charge in [0.15, 0.2) is 11.5 Å². The number of nitrogens with zero attached hydrogens (tertiary/aromatic N) is 2. The summed E-state index contributed by atoms with van der Waals surface area (Å²) in [4.78, 5) is 25.6. The van der Waals surface area contributed by atoms with E-state index in [1.165, 1.54) is 4.90 Å². The number of benzene rings is 2. The van der Waals surface area contributed by atoms with E-state index in [0.29, 0.717) is 42.2 Å². The quantitative estimate of drug-likeness (QED) is 0.483. The lowest BCUT2D eigenvalue weighted by atomic mass is 10.1. The molecule has 0 aromatic heterocycles. The van der Waals surface area contributed by atoms with E-state index in [4.69, 9.17) is 21.1 Å². The number of hydrogen-bond donors (Lipinski definition) is 1. The highest BCUT2D eigenvalue weighted by Crippen LogP contribution is 2.38. The van der Waals surface area contributed by atoms with E-state index in [2.05, 4.69) is 11.4 Å². The molecule has 1 saturated heterocycles. The van der Waals surface area contributed by atoms with Crippen LogP contribution in [0.4, 0.5) is 4.79 Å². The van der Waals surface area contributed by atoms with Crippen molar-refractivity contribution in [1.29, 1.82) is 5.26 Å². The zero-order chi connectivity index (χ0) is 22.4. The van der Waals surface area contributed by atoms with Gasteiger partial charge in [-0.15, -0.1) is 0 Å². The van der Waals surface area contributed by atoms with Gasteiger partial charge in [-0.25, -0.2) is 4.79 Å². The number of carbonyl (C=O) groups is 2. The van der Waals surface area contributed by atoms with Crippen LogP contribution in [0.1, 0.15) is 37.0 Å². The largest absolute Gasteiger partial charge is 0.490 e. The average Bonchev–Trinajstić information content (AvgIpc) is 3.01. The molecule has 31 heavy (non-hydrogen) atoms. The Balaban J connectivity index is 1.88. The van der Waals surface area contributed by atoms with Gasteiger partial charge in [-0.1, -0.05) is 36.7 Å². The summed E-state index contributed by atoms with van der Waals surface area (Å²) in [5, 5.41) is 12.1. The van der Waals surface area contributed by atoms with Crippen LogP contribution in [0.5, 0.6) is 11.5 Å². The Labute approximate surface area is 185 Å². The van der Waals surface area contributed by atoms with Gasteiger partial charge in [0, 0.05) is 12.1 Å². The summed E-state index contributed by atoms with van der Waals surface area (Å²) in [7, 11) is 0. The third-order valence-corrected chi connectivity index (χ3v) is 4.84. The van der Waals surface area contributed by atoms with E-state index in [1.807, 2.05) is 26.0 Å². The molecule has 8 heteroatoms. The smallest absolute Gasteiger partial charge is 0.329 e. The fourth-order valence-electron chi connectivity index (χ4n) is 3.14. The van der Waals surface area contributed by atoms with Gasteiger partial charge in [-0.05, 0) is 43.2 Å². The van der Waals surface area contributed by atoms with Crippen LogP contribution in [0.25, 0.3) is 6.08 Å². The molecule has 0 atom stereocenters. The molecular formula is C23H22ClN3O4. The standard InChI is InChI=1S/C23H22ClN3O4/c1-3-9-27-22(28)19(26-23(27)29)11-15-10-18(24)21(20(12-15)30-4-2)31-14-17-8-6-5-7-16(17)13-25/h5-8,10-12H,3-4,9,14H2,1-2H3,(H,26,29)/b19-11+. The Kier molecular flexibility index (Phi) is 7.16. The molecule has 0 spiro atoms. The number of nitrogens with one attached hydrogen (secondary N) is 1. The van der Waals surface area contributed by atoms with Gasteiger partial charge < -0.3 is 14.8 Å². The highest BCUT2D eigenvalue weighted by Gasteiger charge is 2.32. The number of ether oxygens (including phenoxy) is 2. The number of urea groups is 1. The molecule has 1 N–H and O–H groups in total. The van der Waals surface area contributed by atoms with E-state index in [0.717, 1.165) is 5.56 Å². The van der Waals surface area contributed by atoms with Gasteiger partial charge in [0.25, 0.3) is 5.91 Å². The molecule has 1 aliphatic rings. The summed E-state index contributed by atoms with van der Waals surface area (Å²) in [6, 6.07) is 12.2. The van der Waals surface area contributed by atoms with Crippen LogP contribution in [0, 0.1) is 11.3 Å². The van der Waals surface area contributed by atoms with Gasteiger partial charge in [0.05, 0.1) is 23.3 Å². The summed E-state index contributed by atoms with van der Waals surface area (Å²) >= 11 is 6.46. The number of nitriles is 1. The molecule has 1 fully saturated rings. The Morgan fingerprint density at radius 2 is 1.97 bits per heavy atom. The molecule has 3 amide bonds. The molecule has 2 aromatic carbocycles. The lowest BCUT2D eigenvalue weighted by Crippen LogP contribution is -2.31. The maximum atomic E-state index is 12.5. The first-order valence-corrected chi connectivity index (χ1v) is 10.3. The molecule has 1 heterocycles. The van der Waals surface area contributed by atoms with E-state index in [9.17, 15) is 14.9 Å². The Bertz CT molecular complexity index is 1070. The van der Waals surface area contributed by atoms with Crippen LogP contribution in [0.15, 0.2) is 42.1 Å². The van der Waals surface area contributed by atoms with Gasteiger partial charge in [0.1, 0.15) is 12.3 Å².